The predicted octanol–water partition coefficient (Wildman–Crippen LogP) is 3.48. The van der Waals surface area contributed by atoms with Crippen LogP contribution in [0.1, 0.15) is 50.3 Å². The van der Waals surface area contributed by atoms with Crippen LogP contribution < -0.4 is 16.1 Å². The van der Waals surface area contributed by atoms with Crippen molar-refractivity contribution in [3.05, 3.63) is 41.3 Å². The number of carbonyl (C=O) groups excluding carboxylic acids is 3. The summed E-state index contributed by atoms with van der Waals surface area (Å²) in [6.45, 7) is 2.32. The summed E-state index contributed by atoms with van der Waals surface area (Å²) in [7, 11) is -2.37. The van der Waals surface area contributed by atoms with Crippen molar-refractivity contribution in [1.82, 2.24) is 15.7 Å². The van der Waals surface area contributed by atoms with Crippen molar-refractivity contribution in [1.29, 1.82) is 0 Å². The number of hydrogen-bond acceptors (Lipinski definition) is 7. The number of rotatable bonds is 9. The van der Waals surface area contributed by atoms with E-state index in [-0.39, 0.29) is 37.2 Å². The molecule has 3 rings (SSSR count). The number of unbranched alkanes of at least 4 members (excludes halogenated alkanes) is 2. The molecule has 1 unspecified atom stereocenters. The minimum atomic E-state index is -3.89. The van der Waals surface area contributed by atoms with E-state index in [0.29, 0.717) is 17.0 Å². The lowest BCUT2D eigenvalue weighted by Gasteiger charge is -2.30. The maximum atomic E-state index is 13.7. The van der Waals surface area contributed by atoms with Crippen molar-refractivity contribution in [2.45, 2.75) is 50.2 Å². The first-order valence-corrected chi connectivity index (χ1v) is 14.7. The lowest BCUT2D eigenvalue weighted by atomic mass is 9.97. The van der Waals surface area contributed by atoms with E-state index in [4.69, 9.17) is 0 Å². The van der Waals surface area contributed by atoms with Crippen molar-refractivity contribution in [3.8, 4) is 10.4 Å². The van der Waals surface area contributed by atoms with Crippen molar-refractivity contribution < 1.29 is 28.0 Å². The second-order valence-electron chi connectivity index (χ2n) is 9.06. The monoisotopic (exact) mass is 550 g/mol. The average Bonchev–Trinajstić information content (AvgIpc) is 3.34. The van der Waals surface area contributed by atoms with Crippen LogP contribution in [-0.4, -0.2) is 62.3 Å². The maximum absolute atomic E-state index is 13.7. The molecule has 0 bridgehead atoms. The van der Waals surface area contributed by atoms with Gasteiger partial charge >= 0.3 is 6.03 Å². The number of hydrogen-bond donors (Lipinski definition) is 4. The number of amides is 4. The zero-order valence-corrected chi connectivity index (χ0v) is 22.7. The summed E-state index contributed by atoms with van der Waals surface area (Å²) in [6.07, 6.45) is 2.60. The minimum Gasteiger partial charge on any atom is -0.342 e. The predicted molar refractivity (Wildman–Crippen MR) is 143 cm³/mol. The standard InChI is InChI=1S/C25H34N4O6S2/c1-3-4-5-9-23(31)29-13-12-25(17-22(30)28-33,37(34,35)15-14-29)21-11-10-20(36-21)18-7-6-8-19(16-18)27-24(32)26-2/h6-8,10-11,16,33H,3-5,9,12-15,17H2,1-2H3,(H,28,30)(H2,26,27,32). The van der Waals surface area contributed by atoms with Crippen molar-refractivity contribution in [2.75, 3.05) is 31.2 Å². The SMILES string of the molecule is CCCCCC(=O)N1CCC(CC(=O)NO)(c2ccc(-c3cccc(NC(=O)NC)c3)s2)S(=O)(=O)CC1. The van der Waals surface area contributed by atoms with Gasteiger partial charge in [-0.15, -0.1) is 11.3 Å². The molecule has 12 heteroatoms. The lowest BCUT2D eigenvalue weighted by Crippen LogP contribution is -2.41. The zero-order valence-electron chi connectivity index (χ0n) is 21.1. The molecule has 0 saturated carbocycles. The van der Waals surface area contributed by atoms with Gasteiger partial charge < -0.3 is 15.5 Å². The van der Waals surface area contributed by atoms with Gasteiger partial charge in [0, 0.05) is 42.0 Å². The van der Waals surface area contributed by atoms with Gasteiger partial charge in [0.2, 0.25) is 11.8 Å². The highest BCUT2D eigenvalue weighted by Crippen LogP contribution is 2.45. The van der Waals surface area contributed by atoms with Gasteiger partial charge in [-0.05, 0) is 42.7 Å². The van der Waals surface area contributed by atoms with Crippen molar-refractivity contribution in [2.24, 2.45) is 0 Å². The third kappa shape index (κ3) is 6.68. The minimum absolute atomic E-state index is 0.0422. The molecule has 1 aromatic heterocycles. The van der Waals surface area contributed by atoms with Crippen molar-refractivity contribution >= 4 is 44.7 Å². The van der Waals surface area contributed by atoms with Crippen LogP contribution in [-0.2, 0) is 24.2 Å². The molecule has 1 aromatic carbocycles. The first-order valence-electron chi connectivity index (χ1n) is 12.3. The fourth-order valence-corrected chi connectivity index (χ4v) is 8.08. The third-order valence-corrected chi connectivity index (χ3v) is 10.6. The number of sulfone groups is 1. The van der Waals surface area contributed by atoms with E-state index in [1.54, 1.807) is 40.7 Å². The van der Waals surface area contributed by atoms with Gasteiger partial charge in [-0.1, -0.05) is 31.9 Å². The van der Waals surface area contributed by atoms with Gasteiger partial charge in [0.25, 0.3) is 0 Å². The quantitative estimate of drug-likeness (QED) is 0.214. The summed E-state index contributed by atoms with van der Waals surface area (Å²) in [4.78, 5) is 39.6. The van der Waals surface area contributed by atoms with Crippen LogP contribution in [0.15, 0.2) is 36.4 Å². The van der Waals surface area contributed by atoms with E-state index < -0.39 is 26.9 Å². The number of carbonyl (C=O) groups is 3. The molecule has 1 aliphatic heterocycles. The molecule has 1 atom stereocenters. The van der Waals surface area contributed by atoms with Gasteiger partial charge in [0.05, 0.1) is 12.2 Å². The molecular formula is C25H34N4O6S2. The highest BCUT2D eigenvalue weighted by molar-refractivity contribution is 7.92. The zero-order chi connectivity index (χ0) is 27.1. The van der Waals surface area contributed by atoms with E-state index in [0.717, 1.165) is 29.7 Å². The second kappa shape index (κ2) is 12.5. The Kier molecular flexibility index (Phi) is 9.68. The van der Waals surface area contributed by atoms with Gasteiger partial charge in [-0.25, -0.2) is 18.7 Å². The number of benzene rings is 1. The first kappa shape index (κ1) is 28.6. The molecular weight excluding hydrogens is 516 g/mol. The van der Waals surface area contributed by atoms with Crippen LogP contribution >= 0.6 is 11.3 Å². The van der Waals surface area contributed by atoms with Gasteiger partial charge in [-0.3, -0.25) is 14.8 Å². The van der Waals surface area contributed by atoms with Crippen LogP contribution in [0.3, 0.4) is 0 Å². The van der Waals surface area contributed by atoms with Crippen LogP contribution in [0, 0.1) is 0 Å². The maximum Gasteiger partial charge on any atom is 0.318 e. The summed E-state index contributed by atoms with van der Waals surface area (Å²) < 4.78 is 25.8. The molecule has 1 fully saturated rings. The number of urea groups is 1. The molecule has 2 heterocycles. The Labute approximate surface area is 221 Å². The second-order valence-corrected chi connectivity index (χ2v) is 12.6. The van der Waals surface area contributed by atoms with Crippen LogP contribution in [0.25, 0.3) is 10.4 Å². The number of nitrogens with zero attached hydrogens (tertiary/aromatic N) is 1. The summed E-state index contributed by atoms with van der Waals surface area (Å²) in [5.41, 5.74) is 2.92. The molecule has 37 heavy (non-hydrogen) atoms. The van der Waals surface area contributed by atoms with Crippen LogP contribution in [0.5, 0.6) is 0 Å². The number of nitrogens with one attached hydrogen (secondary N) is 3. The number of hydroxylamine groups is 1. The fraction of sp³-hybridized carbons (Fsp3) is 0.480. The summed E-state index contributed by atoms with van der Waals surface area (Å²) in [6, 6.07) is 10.2. The molecule has 1 aliphatic rings. The first-order chi connectivity index (χ1) is 17.7. The van der Waals surface area contributed by atoms with Crippen LogP contribution in [0.2, 0.25) is 0 Å². The van der Waals surface area contributed by atoms with Crippen LogP contribution in [0.4, 0.5) is 10.5 Å². The highest BCUT2D eigenvalue weighted by atomic mass is 32.2. The molecule has 4 N–H and O–H groups in total. The summed E-state index contributed by atoms with van der Waals surface area (Å²) >= 11 is 1.24. The normalized spacial score (nSPS) is 19.1. The van der Waals surface area contributed by atoms with Gasteiger partial charge in [-0.2, -0.15) is 0 Å². The van der Waals surface area contributed by atoms with E-state index in [1.807, 2.05) is 13.0 Å². The summed E-state index contributed by atoms with van der Waals surface area (Å²) in [5.74, 6) is -1.17. The van der Waals surface area contributed by atoms with E-state index >= 15 is 0 Å². The van der Waals surface area contributed by atoms with E-state index in [1.165, 1.54) is 18.4 Å². The van der Waals surface area contributed by atoms with Gasteiger partial charge in [0.15, 0.2) is 9.84 Å². The topological polar surface area (TPSA) is 145 Å². The van der Waals surface area contributed by atoms with Gasteiger partial charge in [0.1, 0.15) is 4.75 Å². The number of anilines is 1. The molecule has 0 spiro atoms. The molecule has 4 amide bonds. The fourth-order valence-electron chi connectivity index (χ4n) is 4.48. The molecule has 0 aliphatic carbocycles. The smallest absolute Gasteiger partial charge is 0.318 e. The third-order valence-electron chi connectivity index (χ3n) is 6.62. The largest absolute Gasteiger partial charge is 0.342 e. The van der Waals surface area contributed by atoms with Crippen molar-refractivity contribution in [3.63, 3.8) is 0 Å². The van der Waals surface area contributed by atoms with E-state index in [2.05, 4.69) is 10.6 Å². The Morgan fingerprint density at radius 3 is 2.62 bits per heavy atom. The Morgan fingerprint density at radius 2 is 1.92 bits per heavy atom. The molecule has 1 saturated heterocycles. The Bertz CT molecular complexity index is 1230. The molecule has 202 valence electrons. The lowest BCUT2D eigenvalue weighted by molar-refractivity contribution is -0.131. The highest BCUT2D eigenvalue weighted by Gasteiger charge is 2.49. The molecule has 2 aromatic rings. The molecule has 0 radical (unpaired) electrons. The molecule has 10 nitrogen and oxygen atoms in total. The average molecular weight is 551 g/mol. The Hall–Kier alpha value is -2.96. The Balaban J connectivity index is 1.96. The Morgan fingerprint density at radius 1 is 1.14 bits per heavy atom. The number of thiophene rings is 1. The summed E-state index contributed by atoms with van der Waals surface area (Å²) in [5, 5.41) is 14.4. The van der Waals surface area contributed by atoms with E-state index in [9.17, 15) is 28.0 Å².